The molecule has 0 spiro atoms. The SMILES string of the molecule is C.C.C.C.CCC(C)(C)C(=O)OC(C)(C)C(C)(C)O.CCC(C)(C)C(=O)OC(CC(C)C)C(F)(F)C(=O)OC. The normalized spacial score (nSPS) is 12.5. The van der Waals surface area contributed by atoms with Gasteiger partial charge in [0.05, 0.1) is 23.5 Å². The van der Waals surface area contributed by atoms with Crippen LogP contribution in [-0.4, -0.2) is 53.4 Å². The average molecular weight is 575 g/mol. The van der Waals surface area contributed by atoms with Gasteiger partial charge in [-0.15, -0.1) is 0 Å². The zero-order valence-corrected chi connectivity index (χ0v) is 23.9. The number of aliphatic hydroxyl groups is 1. The van der Waals surface area contributed by atoms with Gasteiger partial charge in [-0.3, -0.25) is 9.59 Å². The molecule has 0 radical (unpaired) electrons. The Kier molecular flexibility index (Phi) is 23.8. The minimum absolute atomic E-state index is 0. The van der Waals surface area contributed by atoms with Crippen LogP contribution in [0.1, 0.15) is 132 Å². The molecule has 240 valence electrons. The van der Waals surface area contributed by atoms with E-state index in [4.69, 9.17) is 9.47 Å². The fourth-order valence-electron chi connectivity index (χ4n) is 2.04. The Hall–Kier alpha value is -1.77. The van der Waals surface area contributed by atoms with Gasteiger partial charge in [0.1, 0.15) is 5.60 Å². The molecule has 0 aliphatic rings. The van der Waals surface area contributed by atoms with Crippen molar-refractivity contribution in [2.45, 2.75) is 155 Å². The Bertz CT molecular complexity index is 707. The number of hydrogen-bond donors (Lipinski definition) is 1. The maximum Gasteiger partial charge on any atom is 0.380 e. The van der Waals surface area contributed by atoms with Gasteiger partial charge in [0.2, 0.25) is 0 Å². The van der Waals surface area contributed by atoms with Crippen LogP contribution in [0.5, 0.6) is 0 Å². The highest BCUT2D eigenvalue weighted by molar-refractivity contribution is 5.80. The lowest BCUT2D eigenvalue weighted by atomic mass is 9.87. The molecule has 0 saturated carbocycles. The van der Waals surface area contributed by atoms with E-state index in [-0.39, 0.29) is 48.0 Å². The molecule has 0 aliphatic carbocycles. The zero-order valence-electron chi connectivity index (χ0n) is 23.9. The molecular formula is C30H64F2O7. The van der Waals surface area contributed by atoms with Crippen molar-refractivity contribution in [1.29, 1.82) is 0 Å². The minimum Gasteiger partial charge on any atom is -0.464 e. The van der Waals surface area contributed by atoms with Gasteiger partial charge >= 0.3 is 23.8 Å². The van der Waals surface area contributed by atoms with Crippen LogP contribution < -0.4 is 0 Å². The van der Waals surface area contributed by atoms with E-state index >= 15 is 0 Å². The first-order valence-electron chi connectivity index (χ1n) is 12.1. The number of esters is 3. The molecule has 1 atom stereocenters. The van der Waals surface area contributed by atoms with Crippen molar-refractivity contribution in [3.8, 4) is 0 Å². The molecule has 7 nitrogen and oxygen atoms in total. The van der Waals surface area contributed by atoms with E-state index in [0.29, 0.717) is 12.8 Å². The summed E-state index contributed by atoms with van der Waals surface area (Å²) < 4.78 is 42.3. The first kappa shape index (κ1) is 50.1. The van der Waals surface area contributed by atoms with Crippen molar-refractivity contribution in [1.82, 2.24) is 0 Å². The van der Waals surface area contributed by atoms with Crippen LogP contribution in [0.4, 0.5) is 8.78 Å². The number of methoxy groups -OCH3 is 1. The number of carbonyl (C=O) groups is 3. The van der Waals surface area contributed by atoms with Crippen molar-refractivity contribution >= 4 is 17.9 Å². The van der Waals surface area contributed by atoms with Gasteiger partial charge in [-0.05, 0) is 80.6 Å². The van der Waals surface area contributed by atoms with Crippen molar-refractivity contribution in [3.63, 3.8) is 0 Å². The number of ether oxygens (including phenoxy) is 3. The van der Waals surface area contributed by atoms with Gasteiger partial charge in [0.25, 0.3) is 0 Å². The fourth-order valence-corrected chi connectivity index (χ4v) is 2.04. The zero-order chi connectivity index (χ0) is 28.6. The van der Waals surface area contributed by atoms with Crippen LogP contribution in [0.25, 0.3) is 0 Å². The van der Waals surface area contributed by atoms with E-state index in [2.05, 4.69) is 4.74 Å². The Morgan fingerprint density at radius 1 is 0.744 bits per heavy atom. The molecule has 1 unspecified atom stereocenters. The largest absolute Gasteiger partial charge is 0.464 e. The Morgan fingerprint density at radius 3 is 1.38 bits per heavy atom. The third kappa shape index (κ3) is 15.6. The highest BCUT2D eigenvalue weighted by atomic mass is 19.3. The van der Waals surface area contributed by atoms with Gasteiger partial charge in [-0.2, -0.15) is 8.78 Å². The number of carbonyl (C=O) groups excluding carboxylic acids is 3. The second-order valence-corrected chi connectivity index (χ2v) is 11.6. The van der Waals surface area contributed by atoms with E-state index in [0.717, 1.165) is 7.11 Å². The third-order valence-corrected chi connectivity index (χ3v) is 6.49. The maximum absolute atomic E-state index is 13.9. The molecule has 0 aromatic rings. The first-order valence-corrected chi connectivity index (χ1v) is 12.1. The maximum atomic E-state index is 13.9. The second kappa shape index (κ2) is 18.6. The molecule has 1 N–H and O–H groups in total. The molecule has 0 amide bonds. The summed E-state index contributed by atoms with van der Waals surface area (Å²) in [4.78, 5) is 35.0. The van der Waals surface area contributed by atoms with Crippen molar-refractivity contribution in [2.75, 3.05) is 7.11 Å². The summed E-state index contributed by atoms with van der Waals surface area (Å²) in [7, 11) is 0.875. The molecule has 0 aliphatic heterocycles. The van der Waals surface area contributed by atoms with Crippen LogP contribution in [0.15, 0.2) is 0 Å². The van der Waals surface area contributed by atoms with Crippen LogP contribution in [0.3, 0.4) is 0 Å². The Labute approximate surface area is 239 Å². The molecule has 0 aromatic carbocycles. The lowest BCUT2D eigenvalue weighted by molar-refractivity contribution is -0.202. The molecule has 0 saturated heterocycles. The van der Waals surface area contributed by atoms with E-state index in [9.17, 15) is 28.3 Å². The van der Waals surface area contributed by atoms with Crippen LogP contribution in [-0.2, 0) is 28.6 Å². The van der Waals surface area contributed by atoms with E-state index in [1.165, 1.54) is 0 Å². The van der Waals surface area contributed by atoms with Gasteiger partial charge in [-0.1, -0.05) is 57.4 Å². The molecule has 39 heavy (non-hydrogen) atoms. The molecule has 0 heterocycles. The van der Waals surface area contributed by atoms with E-state index in [1.807, 2.05) is 20.8 Å². The molecule has 0 bridgehead atoms. The minimum atomic E-state index is -3.85. The van der Waals surface area contributed by atoms with E-state index < -0.39 is 46.0 Å². The summed E-state index contributed by atoms with van der Waals surface area (Å²) in [6, 6.07) is 0. The van der Waals surface area contributed by atoms with E-state index in [1.54, 1.807) is 62.3 Å². The number of alkyl halides is 2. The smallest absolute Gasteiger partial charge is 0.380 e. The van der Waals surface area contributed by atoms with Crippen molar-refractivity contribution in [3.05, 3.63) is 0 Å². The number of halogens is 2. The molecule has 0 fully saturated rings. The summed E-state index contributed by atoms with van der Waals surface area (Å²) in [6.45, 7) is 20.7. The summed E-state index contributed by atoms with van der Waals surface area (Å²) in [5.41, 5.74) is -3.30. The van der Waals surface area contributed by atoms with Crippen LogP contribution in [0.2, 0.25) is 0 Å². The molecular weight excluding hydrogens is 510 g/mol. The third-order valence-electron chi connectivity index (χ3n) is 6.49. The number of rotatable bonds is 11. The van der Waals surface area contributed by atoms with Gasteiger partial charge in [-0.25, -0.2) is 4.79 Å². The summed E-state index contributed by atoms with van der Waals surface area (Å²) in [6.07, 6.45) is -0.765. The second-order valence-electron chi connectivity index (χ2n) is 11.6. The lowest BCUT2D eigenvalue weighted by Gasteiger charge is -2.38. The topological polar surface area (TPSA) is 99.1 Å². The predicted molar refractivity (Wildman–Crippen MR) is 158 cm³/mol. The molecule has 0 rings (SSSR count). The lowest BCUT2D eigenvalue weighted by Crippen LogP contribution is -2.50. The number of hydrogen-bond acceptors (Lipinski definition) is 7. The summed E-state index contributed by atoms with van der Waals surface area (Å²) in [5, 5.41) is 9.86. The fraction of sp³-hybridized carbons (Fsp3) is 0.900. The first-order chi connectivity index (χ1) is 15.4. The summed E-state index contributed by atoms with van der Waals surface area (Å²) in [5.74, 6) is -6.71. The van der Waals surface area contributed by atoms with Crippen LogP contribution in [0, 0.1) is 16.7 Å². The average Bonchev–Trinajstić information content (AvgIpc) is 2.71. The van der Waals surface area contributed by atoms with Gasteiger partial charge in [0, 0.05) is 0 Å². The van der Waals surface area contributed by atoms with Gasteiger partial charge < -0.3 is 19.3 Å². The molecule has 9 heteroatoms. The summed E-state index contributed by atoms with van der Waals surface area (Å²) >= 11 is 0. The Balaban J connectivity index is -0.000000131. The highest BCUT2D eigenvalue weighted by Crippen LogP contribution is 2.32. The standard InChI is InChI=1S/C14H24F2O4.C12H24O3.4CH4/c1-7-13(4,5)11(17)20-10(8-9(2)3)14(15,16)12(18)19-6;1-8-10(2,3)9(13)15-12(6,7)11(4,5)14;;;;/h9-10H,7-8H2,1-6H3;14H,8H2,1-7H3;4*1H4. The predicted octanol–water partition coefficient (Wildman–Crippen LogP) is 8.25. The molecule has 0 aromatic heterocycles. The van der Waals surface area contributed by atoms with Crippen molar-refractivity contribution in [2.24, 2.45) is 16.7 Å². The highest BCUT2D eigenvalue weighted by Gasteiger charge is 2.52. The van der Waals surface area contributed by atoms with Crippen LogP contribution >= 0.6 is 0 Å². The van der Waals surface area contributed by atoms with Gasteiger partial charge in [0.15, 0.2) is 6.10 Å². The quantitative estimate of drug-likeness (QED) is 0.196. The van der Waals surface area contributed by atoms with Crippen molar-refractivity contribution < 1.29 is 42.5 Å². The Morgan fingerprint density at radius 2 is 1.10 bits per heavy atom. The monoisotopic (exact) mass is 574 g/mol.